The van der Waals surface area contributed by atoms with Crippen molar-refractivity contribution in [2.75, 3.05) is 4.90 Å². The van der Waals surface area contributed by atoms with Crippen LogP contribution >= 0.6 is 0 Å². The molecule has 0 unspecified atom stereocenters. The molecule has 0 N–H and O–H groups in total. The molecule has 10 aromatic rings. The van der Waals surface area contributed by atoms with Gasteiger partial charge < -0.3 is 4.90 Å². The number of fused-ring (bicyclic) bond motifs is 9. The molecule has 300 valence electrons. The fourth-order valence-electron chi connectivity index (χ4n) is 11.2. The second kappa shape index (κ2) is 14.0. The van der Waals surface area contributed by atoms with Crippen molar-refractivity contribution in [2.24, 2.45) is 0 Å². The summed E-state index contributed by atoms with van der Waals surface area (Å²) < 4.78 is 0. The Hall–Kier alpha value is -7.48. The highest BCUT2D eigenvalue weighted by molar-refractivity contribution is 6.13. The molecule has 2 aliphatic rings. The van der Waals surface area contributed by atoms with Gasteiger partial charge in [-0.05, 0) is 136 Å². The summed E-state index contributed by atoms with van der Waals surface area (Å²) in [4.78, 5) is 2.45. The molecule has 0 spiro atoms. The van der Waals surface area contributed by atoms with Crippen LogP contribution in [0.25, 0.3) is 77.2 Å². The number of anilines is 3. The van der Waals surface area contributed by atoms with Crippen LogP contribution in [0.1, 0.15) is 49.9 Å². The van der Waals surface area contributed by atoms with Crippen molar-refractivity contribution in [3.05, 3.63) is 235 Å². The topological polar surface area (TPSA) is 3.24 Å². The maximum Gasteiger partial charge on any atom is 0.0540 e. The van der Waals surface area contributed by atoms with Gasteiger partial charge in [0, 0.05) is 27.8 Å². The van der Waals surface area contributed by atoms with Crippen LogP contribution in [0.2, 0.25) is 0 Å². The van der Waals surface area contributed by atoms with Crippen LogP contribution in [0.5, 0.6) is 0 Å². The molecule has 0 bridgehead atoms. The lowest BCUT2D eigenvalue weighted by Gasteiger charge is -2.29. The van der Waals surface area contributed by atoms with Crippen molar-refractivity contribution in [1.82, 2.24) is 0 Å². The lowest BCUT2D eigenvalue weighted by molar-refractivity contribution is 0.660. The summed E-state index contributed by atoms with van der Waals surface area (Å²) in [5.74, 6) is 0. The van der Waals surface area contributed by atoms with Gasteiger partial charge in [-0.1, -0.05) is 198 Å². The van der Waals surface area contributed by atoms with Crippen molar-refractivity contribution in [3.63, 3.8) is 0 Å². The lowest BCUT2D eigenvalue weighted by atomic mass is 9.79. The highest BCUT2D eigenvalue weighted by Crippen LogP contribution is 2.53. The molecule has 1 nitrogen and oxygen atoms in total. The second-order valence-corrected chi connectivity index (χ2v) is 18.5. The molecule has 1 heteroatoms. The zero-order valence-corrected chi connectivity index (χ0v) is 36.2. The van der Waals surface area contributed by atoms with Crippen molar-refractivity contribution in [2.45, 2.75) is 38.5 Å². The van der Waals surface area contributed by atoms with Crippen LogP contribution < -0.4 is 4.90 Å². The highest BCUT2D eigenvalue weighted by Gasteiger charge is 2.38. The molecular weight excluding hydrogens is 759 g/mol. The van der Waals surface area contributed by atoms with Gasteiger partial charge in [-0.3, -0.25) is 0 Å². The normalized spacial score (nSPS) is 14.0. The molecule has 0 aromatic heterocycles. The molecule has 12 rings (SSSR count). The number of nitrogens with zero attached hydrogens (tertiary/aromatic N) is 1. The first-order valence-corrected chi connectivity index (χ1v) is 22.3. The van der Waals surface area contributed by atoms with Crippen LogP contribution in [0.4, 0.5) is 17.1 Å². The van der Waals surface area contributed by atoms with Crippen LogP contribution in [-0.2, 0) is 10.8 Å². The van der Waals surface area contributed by atoms with Crippen LogP contribution in [-0.4, -0.2) is 0 Å². The second-order valence-electron chi connectivity index (χ2n) is 18.5. The van der Waals surface area contributed by atoms with E-state index in [1.807, 2.05) is 0 Å². The van der Waals surface area contributed by atoms with Crippen molar-refractivity contribution in [3.8, 4) is 55.6 Å². The smallest absolute Gasteiger partial charge is 0.0540 e. The summed E-state index contributed by atoms with van der Waals surface area (Å²) in [5, 5.41) is 5.08. The summed E-state index contributed by atoms with van der Waals surface area (Å²) in [6.07, 6.45) is 0. The minimum atomic E-state index is -0.101. The van der Waals surface area contributed by atoms with E-state index in [0.29, 0.717) is 0 Å². The molecule has 0 amide bonds. The number of hydrogen-bond donors (Lipinski definition) is 0. The Kier molecular flexibility index (Phi) is 8.30. The van der Waals surface area contributed by atoms with E-state index in [9.17, 15) is 0 Å². The Morgan fingerprint density at radius 1 is 0.302 bits per heavy atom. The Labute approximate surface area is 370 Å². The Bertz CT molecular complexity index is 3440. The average molecular weight is 806 g/mol. The first-order valence-electron chi connectivity index (χ1n) is 22.3. The number of rotatable bonds is 6. The van der Waals surface area contributed by atoms with E-state index in [4.69, 9.17) is 0 Å². The van der Waals surface area contributed by atoms with Crippen LogP contribution in [0, 0.1) is 0 Å². The van der Waals surface area contributed by atoms with E-state index in [0.717, 1.165) is 17.1 Å². The highest BCUT2D eigenvalue weighted by atomic mass is 15.1. The molecule has 2 aliphatic carbocycles. The fraction of sp³-hybridized carbons (Fsp3) is 0.0968. The Balaban J connectivity index is 1.00. The zero-order valence-electron chi connectivity index (χ0n) is 36.2. The summed E-state index contributed by atoms with van der Waals surface area (Å²) in [5.41, 5.74) is 21.5. The summed E-state index contributed by atoms with van der Waals surface area (Å²) >= 11 is 0. The Morgan fingerprint density at radius 2 is 0.794 bits per heavy atom. The van der Waals surface area contributed by atoms with Gasteiger partial charge in [0.25, 0.3) is 0 Å². The lowest BCUT2D eigenvalue weighted by Crippen LogP contribution is -2.16. The van der Waals surface area contributed by atoms with E-state index in [2.05, 4.69) is 245 Å². The first-order chi connectivity index (χ1) is 30.8. The van der Waals surface area contributed by atoms with Crippen LogP contribution in [0.3, 0.4) is 0 Å². The van der Waals surface area contributed by atoms with Crippen molar-refractivity contribution >= 4 is 38.6 Å². The number of para-hydroxylation sites is 1. The summed E-state index contributed by atoms with van der Waals surface area (Å²) in [6.45, 7) is 9.47. The van der Waals surface area contributed by atoms with Crippen molar-refractivity contribution < 1.29 is 0 Å². The van der Waals surface area contributed by atoms with Crippen LogP contribution in [0.15, 0.2) is 212 Å². The minimum Gasteiger partial charge on any atom is -0.310 e. The predicted octanol–water partition coefficient (Wildman–Crippen LogP) is 17.1. The molecule has 0 radical (unpaired) electrons. The van der Waals surface area contributed by atoms with E-state index in [1.54, 1.807) is 0 Å². The van der Waals surface area contributed by atoms with E-state index in [-0.39, 0.29) is 10.8 Å². The molecule has 0 atom stereocenters. The van der Waals surface area contributed by atoms with Gasteiger partial charge >= 0.3 is 0 Å². The third kappa shape index (κ3) is 5.69. The van der Waals surface area contributed by atoms with E-state index < -0.39 is 0 Å². The standard InChI is InChI=1S/C62H47N/c1-61(2)56-25-12-9-21-51(56)53-37-32-43(39-58(53)61)47-18-11-14-27-59(47)63(45-35-30-41(31-36-45)55-38-42-16-5-6-17-46(42)49-19-7-8-20-50(49)55)44-33-28-40(29-34-44)48-23-15-24-54-52-22-10-13-26-57(52)62(3,4)60(48)54/h5-39H,1-4H3. The molecule has 0 heterocycles. The third-order valence-electron chi connectivity index (χ3n) is 14.3. The van der Waals surface area contributed by atoms with E-state index >= 15 is 0 Å². The summed E-state index contributed by atoms with van der Waals surface area (Å²) in [7, 11) is 0. The SMILES string of the molecule is CC1(C)c2ccccc2-c2ccc(-c3ccccc3N(c3ccc(-c4cccc5c4C(C)(C)c4ccccc4-5)cc3)c3ccc(-c4cc5ccccc5c5ccccc45)cc3)cc21. The number of benzene rings is 10. The maximum absolute atomic E-state index is 2.45. The van der Waals surface area contributed by atoms with Gasteiger partial charge in [-0.2, -0.15) is 0 Å². The quantitative estimate of drug-likeness (QED) is 0.151. The average Bonchev–Trinajstić information content (AvgIpc) is 3.71. The molecule has 0 fully saturated rings. The number of hydrogen-bond acceptors (Lipinski definition) is 1. The molecular formula is C62H47N. The van der Waals surface area contributed by atoms with Crippen molar-refractivity contribution in [1.29, 1.82) is 0 Å². The van der Waals surface area contributed by atoms with Gasteiger partial charge in [-0.25, -0.2) is 0 Å². The molecule has 63 heavy (non-hydrogen) atoms. The first kappa shape index (κ1) is 37.3. The van der Waals surface area contributed by atoms with Gasteiger partial charge in [0.15, 0.2) is 0 Å². The largest absolute Gasteiger partial charge is 0.310 e. The predicted molar refractivity (Wildman–Crippen MR) is 268 cm³/mol. The minimum absolute atomic E-state index is 0.0945. The van der Waals surface area contributed by atoms with Gasteiger partial charge in [-0.15, -0.1) is 0 Å². The monoisotopic (exact) mass is 805 g/mol. The van der Waals surface area contributed by atoms with Gasteiger partial charge in [0.05, 0.1) is 5.69 Å². The molecule has 0 saturated heterocycles. The summed E-state index contributed by atoms with van der Waals surface area (Å²) in [6, 6.07) is 79.0. The molecule has 0 saturated carbocycles. The zero-order chi connectivity index (χ0) is 42.5. The maximum atomic E-state index is 2.45. The molecule has 10 aromatic carbocycles. The third-order valence-corrected chi connectivity index (χ3v) is 14.3. The molecule has 0 aliphatic heterocycles. The van der Waals surface area contributed by atoms with Gasteiger partial charge in [0.2, 0.25) is 0 Å². The Morgan fingerprint density at radius 3 is 1.51 bits per heavy atom. The fourth-order valence-corrected chi connectivity index (χ4v) is 11.2. The van der Waals surface area contributed by atoms with Gasteiger partial charge in [0.1, 0.15) is 0 Å². The van der Waals surface area contributed by atoms with E-state index in [1.165, 1.54) is 99.4 Å².